The van der Waals surface area contributed by atoms with Gasteiger partial charge in [0.05, 0.1) is 6.10 Å². The number of hydrogen-bond donors (Lipinski definition) is 1. The number of aliphatic hydroxyl groups excluding tert-OH is 1. The molecule has 1 aromatic carbocycles. The zero-order valence-electron chi connectivity index (χ0n) is 10.1. The van der Waals surface area contributed by atoms with Gasteiger partial charge in [0, 0.05) is 16.3 Å². The summed E-state index contributed by atoms with van der Waals surface area (Å²) in [5.41, 5.74) is 2.36. The molecule has 0 radical (unpaired) electrons. The van der Waals surface area contributed by atoms with Crippen LogP contribution in [0.2, 0.25) is 0 Å². The summed E-state index contributed by atoms with van der Waals surface area (Å²) < 4.78 is 11.3. The monoisotopic (exact) mass is 230 g/mol. The molecule has 1 unspecified atom stereocenters. The Kier molecular flexibility index (Phi) is 2.07. The van der Waals surface area contributed by atoms with E-state index in [-0.39, 0.29) is 0 Å². The van der Waals surface area contributed by atoms with Crippen molar-refractivity contribution in [1.29, 1.82) is 0 Å². The van der Waals surface area contributed by atoms with Crippen molar-refractivity contribution in [3.05, 3.63) is 35.3 Å². The number of rotatable bonds is 1. The lowest BCUT2D eigenvalue weighted by Gasteiger charge is -2.06. The van der Waals surface area contributed by atoms with E-state index in [9.17, 15) is 5.11 Å². The lowest BCUT2D eigenvalue weighted by atomic mass is 10.0. The van der Waals surface area contributed by atoms with Crippen molar-refractivity contribution in [1.82, 2.24) is 0 Å². The van der Waals surface area contributed by atoms with Crippen molar-refractivity contribution in [2.24, 2.45) is 0 Å². The van der Waals surface area contributed by atoms with Crippen molar-refractivity contribution in [2.45, 2.75) is 26.9 Å². The summed E-state index contributed by atoms with van der Waals surface area (Å²) in [7, 11) is 0. The third kappa shape index (κ3) is 1.46. The highest BCUT2D eigenvalue weighted by molar-refractivity contribution is 5.98. The van der Waals surface area contributed by atoms with E-state index in [2.05, 4.69) is 0 Å². The highest BCUT2D eigenvalue weighted by atomic mass is 16.3. The molecule has 88 valence electrons. The predicted octanol–water partition coefficient (Wildman–Crippen LogP) is 3.85. The second-order valence-electron chi connectivity index (χ2n) is 4.51. The van der Waals surface area contributed by atoms with E-state index < -0.39 is 6.10 Å². The molecule has 17 heavy (non-hydrogen) atoms. The van der Waals surface area contributed by atoms with Crippen molar-refractivity contribution >= 4 is 21.9 Å². The van der Waals surface area contributed by atoms with E-state index in [1.165, 1.54) is 0 Å². The molecular weight excluding hydrogens is 216 g/mol. The van der Waals surface area contributed by atoms with Gasteiger partial charge in [-0.25, -0.2) is 0 Å². The summed E-state index contributed by atoms with van der Waals surface area (Å²) >= 11 is 0. The van der Waals surface area contributed by atoms with E-state index in [1.807, 2.05) is 32.0 Å². The quantitative estimate of drug-likeness (QED) is 0.690. The van der Waals surface area contributed by atoms with Gasteiger partial charge in [-0.2, -0.15) is 0 Å². The maximum absolute atomic E-state index is 9.94. The maximum Gasteiger partial charge on any atom is 0.140 e. The third-order valence-electron chi connectivity index (χ3n) is 3.01. The summed E-state index contributed by atoms with van der Waals surface area (Å²) in [4.78, 5) is 0. The summed E-state index contributed by atoms with van der Waals surface area (Å²) in [5.74, 6) is 1.68. The van der Waals surface area contributed by atoms with Gasteiger partial charge in [-0.05, 0) is 39.0 Å². The molecule has 0 amide bonds. The SMILES string of the molecule is Cc1cc2c(C(C)O)c3oc(C)cc3cc2o1. The normalized spacial score (nSPS) is 13.6. The third-order valence-corrected chi connectivity index (χ3v) is 3.01. The molecule has 0 saturated carbocycles. The Labute approximate surface area is 98.6 Å². The zero-order valence-corrected chi connectivity index (χ0v) is 10.1. The Morgan fingerprint density at radius 1 is 1.06 bits per heavy atom. The van der Waals surface area contributed by atoms with Gasteiger partial charge in [0.15, 0.2) is 0 Å². The van der Waals surface area contributed by atoms with Crippen LogP contribution in [0.5, 0.6) is 0 Å². The lowest BCUT2D eigenvalue weighted by Crippen LogP contribution is -1.92. The van der Waals surface area contributed by atoms with Gasteiger partial charge >= 0.3 is 0 Å². The summed E-state index contributed by atoms with van der Waals surface area (Å²) in [6.45, 7) is 5.55. The predicted molar refractivity (Wildman–Crippen MR) is 66.1 cm³/mol. The zero-order chi connectivity index (χ0) is 12.2. The minimum absolute atomic E-state index is 0.580. The van der Waals surface area contributed by atoms with E-state index in [1.54, 1.807) is 6.92 Å². The second kappa shape index (κ2) is 3.37. The molecule has 3 heteroatoms. The second-order valence-corrected chi connectivity index (χ2v) is 4.51. The standard InChI is InChI=1S/C14H14O3/c1-7-4-10-6-12-11(5-8(2)16-12)13(9(3)15)14(10)17-7/h4-6,9,15H,1-3H3. The molecule has 0 aliphatic rings. The highest BCUT2D eigenvalue weighted by Crippen LogP contribution is 2.35. The Hall–Kier alpha value is -1.74. The first-order valence-electron chi connectivity index (χ1n) is 5.67. The van der Waals surface area contributed by atoms with E-state index in [0.717, 1.165) is 39.0 Å². The van der Waals surface area contributed by atoms with Crippen LogP contribution in [-0.4, -0.2) is 5.11 Å². The van der Waals surface area contributed by atoms with E-state index in [0.29, 0.717) is 0 Å². The first-order chi connectivity index (χ1) is 8.06. The number of benzene rings is 1. The molecule has 0 aliphatic carbocycles. The Morgan fingerprint density at radius 2 is 1.76 bits per heavy atom. The van der Waals surface area contributed by atoms with Crippen LogP contribution in [0, 0.1) is 13.8 Å². The summed E-state index contributed by atoms with van der Waals surface area (Å²) in [6.07, 6.45) is -0.580. The van der Waals surface area contributed by atoms with Gasteiger partial charge in [-0.1, -0.05) is 0 Å². The van der Waals surface area contributed by atoms with Crippen LogP contribution in [-0.2, 0) is 0 Å². The molecule has 3 nitrogen and oxygen atoms in total. The maximum atomic E-state index is 9.94. The van der Waals surface area contributed by atoms with Crippen LogP contribution in [0.1, 0.15) is 30.1 Å². The van der Waals surface area contributed by atoms with Crippen molar-refractivity contribution in [3.63, 3.8) is 0 Å². The molecule has 0 saturated heterocycles. The van der Waals surface area contributed by atoms with Crippen LogP contribution in [0.25, 0.3) is 21.9 Å². The van der Waals surface area contributed by atoms with Crippen LogP contribution in [0.4, 0.5) is 0 Å². The number of hydrogen-bond acceptors (Lipinski definition) is 3. The Balaban J connectivity index is 2.53. The van der Waals surface area contributed by atoms with Crippen LogP contribution >= 0.6 is 0 Å². The van der Waals surface area contributed by atoms with Gasteiger partial charge in [0.25, 0.3) is 0 Å². The van der Waals surface area contributed by atoms with E-state index >= 15 is 0 Å². The molecule has 0 aliphatic heterocycles. The molecule has 1 atom stereocenters. The number of aliphatic hydroxyl groups is 1. The fourth-order valence-electron chi connectivity index (χ4n) is 2.38. The van der Waals surface area contributed by atoms with Gasteiger partial charge in [-0.3, -0.25) is 0 Å². The highest BCUT2D eigenvalue weighted by Gasteiger charge is 2.17. The smallest absolute Gasteiger partial charge is 0.140 e. The minimum Gasteiger partial charge on any atom is -0.461 e. The molecule has 2 aromatic heterocycles. The fourth-order valence-corrected chi connectivity index (χ4v) is 2.38. The fraction of sp³-hybridized carbons (Fsp3) is 0.286. The lowest BCUT2D eigenvalue weighted by molar-refractivity contribution is 0.201. The largest absolute Gasteiger partial charge is 0.461 e. The molecule has 3 aromatic rings. The minimum atomic E-state index is -0.580. The first kappa shape index (κ1) is 10.4. The van der Waals surface area contributed by atoms with Gasteiger partial charge in [0.1, 0.15) is 22.7 Å². The molecule has 3 rings (SSSR count). The summed E-state index contributed by atoms with van der Waals surface area (Å²) in [6, 6.07) is 5.85. The summed E-state index contributed by atoms with van der Waals surface area (Å²) in [5, 5.41) is 11.8. The topological polar surface area (TPSA) is 46.5 Å². The Morgan fingerprint density at radius 3 is 2.47 bits per heavy atom. The number of fused-ring (bicyclic) bond motifs is 2. The molecule has 0 spiro atoms. The average molecular weight is 230 g/mol. The number of furan rings is 2. The van der Waals surface area contributed by atoms with Gasteiger partial charge < -0.3 is 13.9 Å². The molecule has 0 fully saturated rings. The van der Waals surface area contributed by atoms with Crippen LogP contribution < -0.4 is 0 Å². The molecule has 0 bridgehead atoms. The average Bonchev–Trinajstić information content (AvgIpc) is 2.73. The van der Waals surface area contributed by atoms with Crippen molar-refractivity contribution < 1.29 is 13.9 Å². The van der Waals surface area contributed by atoms with Crippen molar-refractivity contribution in [3.8, 4) is 0 Å². The molecule has 2 heterocycles. The van der Waals surface area contributed by atoms with Crippen LogP contribution in [0.3, 0.4) is 0 Å². The number of aryl methyl sites for hydroxylation is 2. The van der Waals surface area contributed by atoms with Crippen LogP contribution in [0.15, 0.2) is 27.0 Å². The molecule has 1 N–H and O–H groups in total. The van der Waals surface area contributed by atoms with Gasteiger partial charge in [0.2, 0.25) is 0 Å². The van der Waals surface area contributed by atoms with Crippen molar-refractivity contribution in [2.75, 3.05) is 0 Å². The van der Waals surface area contributed by atoms with E-state index in [4.69, 9.17) is 8.83 Å². The Bertz CT molecular complexity index is 646. The molecular formula is C14H14O3. The van der Waals surface area contributed by atoms with Gasteiger partial charge in [-0.15, -0.1) is 0 Å². The first-order valence-corrected chi connectivity index (χ1v) is 5.67.